The number of hydrogen-bond acceptors (Lipinski definition) is 4. The zero-order chi connectivity index (χ0) is 14.8. The Balaban J connectivity index is 2.71. The molecule has 1 unspecified atom stereocenters. The van der Waals surface area contributed by atoms with Gasteiger partial charge >= 0.3 is 0 Å². The van der Waals surface area contributed by atoms with E-state index in [4.69, 9.17) is 4.74 Å². The van der Waals surface area contributed by atoms with Crippen molar-refractivity contribution in [3.8, 4) is 5.75 Å². The largest absolute Gasteiger partial charge is 0.495 e. The molecule has 0 aliphatic rings. The molecule has 114 valence electrons. The molecule has 0 bridgehead atoms. The quantitative estimate of drug-likeness (QED) is 0.714. The Morgan fingerprint density at radius 2 is 2.00 bits per heavy atom. The molecule has 0 saturated heterocycles. The summed E-state index contributed by atoms with van der Waals surface area (Å²) < 4.78 is 5.28. The number of nitrogens with one attached hydrogen (secondary N) is 1. The van der Waals surface area contributed by atoms with Crippen LogP contribution in [0.25, 0.3) is 0 Å². The van der Waals surface area contributed by atoms with Crippen LogP contribution in [0.4, 0.5) is 0 Å². The predicted molar refractivity (Wildman–Crippen MR) is 84.2 cm³/mol. The van der Waals surface area contributed by atoms with Gasteiger partial charge in [0, 0.05) is 12.2 Å². The molecule has 1 N–H and O–H groups in total. The summed E-state index contributed by atoms with van der Waals surface area (Å²) in [5, 5.41) is 3.62. The third-order valence-electron chi connectivity index (χ3n) is 3.64. The first kappa shape index (κ1) is 16.9. The SMILES string of the molecule is CCCNC(CCN(CC)CC)c1cncc(OC)c1. The summed E-state index contributed by atoms with van der Waals surface area (Å²) in [6.45, 7) is 11.0. The van der Waals surface area contributed by atoms with Crippen LogP contribution in [0.3, 0.4) is 0 Å². The zero-order valence-corrected chi connectivity index (χ0v) is 13.4. The number of hydrogen-bond donors (Lipinski definition) is 1. The monoisotopic (exact) mass is 279 g/mol. The molecule has 0 aliphatic carbocycles. The van der Waals surface area contributed by atoms with E-state index in [-0.39, 0.29) is 0 Å². The van der Waals surface area contributed by atoms with Gasteiger partial charge in [-0.05, 0) is 50.7 Å². The van der Waals surface area contributed by atoms with Crippen molar-refractivity contribution in [1.29, 1.82) is 0 Å². The van der Waals surface area contributed by atoms with E-state index in [2.05, 4.69) is 42.0 Å². The second kappa shape index (κ2) is 9.72. The van der Waals surface area contributed by atoms with Crippen LogP contribution < -0.4 is 10.1 Å². The molecule has 1 aromatic rings. The Hall–Kier alpha value is -1.13. The van der Waals surface area contributed by atoms with Crippen molar-refractivity contribution in [1.82, 2.24) is 15.2 Å². The van der Waals surface area contributed by atoms with Crippen molar-refractivity contribution >= 4 is 0 Å². The van der Waals surface area contributed by atoms with Crippen molar-refractivity contribution < 1.29 is 4.74 Å². The summed E-state index contributed by atoms with van der Waals surface area (Å²) in [5.41, 5.74) is 1.21. The fraction of sp³-hybridized carbons (Fsp3) is 0.688. The van der Waals surface area contributed by atoms with Gasteiger partial charge in [-0.25, -0.2) is 0 Å². The molecular formula is C16H29N3O. The van der Waals surface area contributed by atoms with Crippen LogP contribution in [-0.4, -0.2) is 43.2 Å². The van der Waals surface area contributed by atoms with Gasteiger partial charge in [0.25, 0.3) is 0 Å². The molecule has 0 fully saturated rings. The molecule has 0 saturated carbocycles. The second-order valence-electron chi connectivity index (χ2n) is 4.98. The number of rotatable bonds is 10. The molecular weight excluding hydrogens is 250 g/mol. The van der Waals surface area contributed by atoms with Gasteiger partial charge in [-0.1, -0.05) is 20.8 Å². The molecule has 1 aromatic heterocycles. The fourth-order valence-corrected chi connectivity index (χ4v) is 2.29. The molecule has 0 radical (unpaired) electrons. The van der Waals surface area contributed by atoms with Crippen LogP contribution in [0.5, 0.6) is 5.75 Å². The molecule has 20 heavy (non-hydrogen) atoms. The van der Waals surface area contributed by atoms with Crippen LogP contribution in [0, 0.1) is 0 Å². The predicted octanol–water partition coefficient (Wildman–Crippen LogP) is 2.86. The van der Waals surface area contributed by atoms with E-state index in [1.165, 1.54) is 5.56 Å². The van der Waals surface area contributed by atoms with E-state index in [1.807, 2.05) is 6.20 Å². The fourth-order valence-electron chi connectivity index (χ4n) is 2.29. The smallest absolute Gasteiger partial charge is 0.137 e. The molecule has 0 amide bonds. The third kappa shape index (κ3) is 5.47. The van der Waals surface area contributed by atoms with Crippen molar-refractivity contribution in [2.24, 2.45) is 0 Å². The van der Waals surface area contributed by atoms with Gasteiger partial charge in [0.1, 0.15) is 5.75 Å². The van der Waals surface area contributed by atoms with E-state index < -0.39 is 0 Å². The molecule has 0 aromatic carbocycles. The van der Waals surface area contributed by atoms with Gasteiger partial charge in [-0.3, -0.25) is 4.98 Å². The summed E-state index contributed by atoms with van der Waals surface area (Å²) in [5.74, 6) is 0.827. The average molecular weight is 279 g/mol. The van der Waals surface area contributed by atoms with Crippen molar-refractivity contribution in [2.75, 3.05) is 33.3 Å². The molecule has 4 heteroatoms. The summed E-state index contributed by atoms with van der Waals surface area (Å²) in [6.07, 6.45) is 5.93. The van der Waals surface area contributed by atoms with Crippen LogP contribution in [0.1, 0.15) is 45.2 Å². The third-order valence-corrected chi connectivity index (χ3v) is 3.64. The Bertz CT molecular complexity index is 366. The Kier molecular flexibility index (Phi) is 8.23. The second-order valence-corrected chi connectivity index (χ2v) is 4.98. The van der Waals surface area contributed by atoms with Crippen LogP contribution >= 0.6 is 0 Å². The van der Waals surface area contributed by atoms with E-state index in [0.29, 0.717) is 6.04 Å². The Labute approximate surface area is 123 Å². The molecule has 0 spiro atoms. The van der Waals surface area contributed by atoms with E-state index in [9.17, 15) is 0 Å². The Morgan fingerprint density at radius 3 is 2.60 bits per heavy atom. The summed E-state index contributed by atoms with van der Waals surface area (Å²) >= 11 is 0. The van der Waals surface area contributed by atoms with Gasteiger partial charge in [0.2, 0.25) is 0 Å². The highest BCUT2D eigenvalue weighted by Gasteiger charge is 2.13. The Morgan fingerprint density at radius 1 is 1.25 bits per heavy atom. The van der Waals surface area contributed by atoms with Crippen LogP contribution in [0.2, 0.25) is 0 Å². The van der Waals surface area contributed by atoms with Gasteiger partial charge in [0.05, 0.1) is 13.3 Å². The lowest BCUT2D eigenvalue weighted by molar-refractivity contribution is 0.281. The molecule has 1 rings (SSSR count). The summed E-state index contributed by atoms with van der Waals surface area (Å²) in [6, 6.07) is 2.43. The molecule has 1 atom stereocenters. The standard InChI is InChI=1S/C16H29N3O/c1-5-9-18-16(8-10-19(6-2)7-3)14-11-15(20-4)13-17-12-14/h11-13,16,18H,5-10H2,1-4H3. The number of pyridine rings is 1. The van der Waals surface area contributed by atoms with E-state index >= 15 is 0 Å². The van der Waals surface area contributed by atoms with Crippen molar-refractivity contribution in [3.05, 3.63) is 24.0 Å². The van der Waals surface area contributed by atoms with Crippen LogP contribution in [-0.2, 0) is 0 Å². The molecule has 1 heterocycles. The highest BCUT2D eigenvalue weighted by molar-refractivity contribution is 5.26. The number of ether oxygens (including phenoxy) is 1. The molecule has 0 aliphatic heterocycles. The van der Waals surface area contributed by atoms with Gasteiger partial charge in [0.15, 0.2) is 0 Å². The first-order valence-electron chi connectivity index (χ1n) is 7.69. The lowest BCUT2D eigenvalue weighted by atomic mass is 10.0. The highest BCUT2D eigenvalue weighted by Crippen LogP contribution is 2.20. The van der Waals surface area contributed by atoms with Gasteiger partial charge < -0.3 is 15.0 Å². The number of methoxy groups -OCH3 is 1. The van der Waals surface area contributed by atoms with Crippen molar-refractivity contribution in [3.63, 3.8) is 0 Å². The van der Waals surface area contributed by atoms with Crippen molar-refractivity contribution in [2.45, 2.75) is 39.7 Å². The maximum Gasteiger partial charge on any atom is 0.137 e. The zero-order valence-electron chi connectivity index (χ0n) is 13.4. The lowest BCUT2D eigenvalue weighted by Gasteiger charge is -2.24. The van der Waals surface area contributed by atoms with E-state index in [1.54, 1.807) is 13.3 Å². The minimum absolute atomic E-state index is 0.346. The maximum atomic E-state index is 5.28. The first-order valence-corrected chi connectivity index (χ1v) is 7.69. The minimum Gasteiger partial charge on any atom is -0.495 e. The number of nitrogens with zero attached hydrogens (tertiary/aromatic N) is 2. The summed E-state index contributed by atoms with van der Waals surface area (Å²) in [7, 11) is 1.69. The first-order chi connectivity index (χ1) is 9.74. The van der Waals surface area contributed by atoms with Gasteiger partial charge in [-0.15, -0.1) is 0 Å². The maximum absolute atomic E-state index is 5.28. The normalized spacial score (nSPS) is 12.7. The number of aromatic nitrogens is 1. The van der Waals surface area contributed by atoms with E-state index in [0.717, 1.165) is 44.8 Å². The topological polar surface area (TPSA) is 37.4 Å². The highest BCUT2D eigenvalue weighted by atomic mass is 16.5. The summed E-state index contributed by atoms with van der Waals surface area (Å²) in [4.78, 5) is 6.73. The lowest BCUT2D eigenvalue weighted by Crippen LogP contribution is -2.30. The van der Waals surface area contributed by atoms with Gasteiger partial charge in [-0.2, -0.15) is 0 Å². The average Bonchev–Trinajstić information content (AvgIpc) is 2.51. The minimum atomic E-state index is 0.346. The van der Waals surface area contributed by atoms with Crippen LogP contribution in [0.15, 0.2) is 18.5 Å². The molecule has 4 nitrogen and oxygen atoms in total.